The van der Waals surface area contributed by atoms with E-state index < -0.39 is 5.91 Å². The van der Waals surface area contributed by atoms with E-state index in [2.05, 4.69) is 15.3 Å². The summed E-state index contributed by atoms with van der Waals surface area (Å²) < 4.78 is 13.5. The van der Waals surface area contributed by atoms with E-state index in [1.165, 1.54) is 12.1 Å². The largest absolute Gasteiger partial charge is 0.370 e. The van der Waals surface area contributed by atoms with E-state index in [0.717, 1.165) is 0 Å². The zero-order valence-corrected chi connectivity index (χ0v) is 10.8. The van der Waals surface area contributed by atoms with Crippen LogP contribution in [0.5, 0.6) is 0 Å². The van der Waals surface area contributed by atoms with Gasteiger partial charge in [0.15, 0.2) is 5.96 Å². The number of halogens is 1. The van der Waals surface area contributed by atoms with Crippen molar-refractivity contribution in [1.29, 1.82) is 0 Å². The summed E-state index contributed by atoms with van der Waals surface area (Å²) in [5.74, 6) is -0.834. The molecule has 6 N–H and O–H groups in total. The topological polar surface area (TPSA) is 109 Å². The van der Waals surface area contributed by atoms with Crippen molar-refractivity contribution in [2.45, 2.75) is 6.42 Å². The Morgan fingerprint density at radius 2 is 2.25 bits per heavy atom. The first-order valence-electron chi connectivity index (χ1n) is 6.20. The van der Waals surface area contributed by atoms with Gasteiger partial charge in [0.05, 0.1) is 0 Å². The number of aromatic nitrogens is 1. The zero-order chi connectivity index (χ0) is 14.5. The van der Waals surface area contributed by atoms with Gasteiger partial charge in [-0.25, -0.2) is 4.39 Å². The van der Waals surface area contributed by atoms with Crippen LogP contribution in [0, 0.1) is 5.82 Å². The van der Waals surface area contributed by atoms with Gasteiger partial charge in [-0.3, -0.25) is 15.1 Å². The summed E-state index contributed by atoms with van der Waals surface area (Å²) in [6, 6.07) is 6.03. The number of nitrogens with zero attached hydrogens (tertiary/aromatic N) is 1. The van der Waals surface area contributed by atoms with Gasteiger partial charge in [-0.05, 0) is 31.2 Å². The number of hydrogen-bond acceptors (Lipinski definition) is 3. The highest BCUT2D eigenvalue weighted by Gasteiger charge is 2.12. The summed E-state index contributed by atoms with van der Waals surface area (Å²) in [4.78, 5) is 18.7. The number of aromatic amines is 1. The first-order chi connectivity index (χ1) is 9.61. The lowest BCUT2D eigenvalue weighted by Gasteiger charge is -2.02. The summed E-state index contributed by atoms with van der Waals surface area (Å²) in [6.07, 6.45) is 0.689. The fraction of sp³-hybridized carbons (Fsp3) is 0.231. The molecule has 0 bridgehead atoms. The molecule has 0 fully saturated rings. The maximum Gasteiger partial charge on any atom is 0.274 e. The average Bonchev–Trinajstić information content (AvgIpc) is 2.84. The summed E-state index contributed by atoms with van der Waals surface area (Å²) >= 11 is 0. The van der Waals surface area contributed by atoms with Crippen molar-refractivity contribution in [3.8, 4) is 0 Å². The smallest absolute Gasteiger partial charge is 0.274 e. The number of benzene rings is 1. The molecule has 0 aliphatic heterocycles. The minimum Gasteiger partial charge on any atom is -0.370 e. The standard InChI is InChI=1S/C13H16FN5O/c14-9-3-1-4-10-8(9)7-11(18-10)12(20)19-13(16)17-6-2-5-15/h1,3-4,7,18H,2,5-6,15H2,(H3,16,17,19,20). The van der Waals surface area contributed by atoms with E-state index in [4.69, 9.17) is 11.5 Å². The van der Waals surface area contributed by atoms with Gasteiger partial charge in [0.25, 0.3) is 5.91 Å². The van der Waals surface area contributed by atoms with Crippen molar-refractivity contribution in [2.75, 3.05) is 13.1 Å². The molecule has 0 atom stereocenters. The van der Waals surface area contributed by atoms with Gasteiger partial charge in [0.2, 0.25) is 0 Å². The molecule has 0 saturated carbocycles. The Balaban J connectivity index is 2.11. The van der Waals surface area contributed by atoms with E-state index in [-0.39, 0.29) is 17.5 Å². The molecule has 0 aliphatic rings. The molecule has 20 heavy (non-hydrogen) atoms. The lowest BCUT2D eigenvalue weighted by Crippen LogP contribution is -2.37. The number of guanidine groups is 1. The van der Waals surface area contributed by atoms with E-state index in [1.54, 1.807) is 12.1 Å². The second-order valence-corrected chi connectivity index (χ2v) is 4.25. The van der Waals surface area contributed by atoms with E-state index in [9.17, 15) is 9.18 Å². The van der Waals surface area contributed by atoms with Crippen LogP contribution in [-0.4, -0.2) is 29.9 Å². The van der Waals surface area contributed by atoms with Crippen molar-refractivity contribution in [2.24, 2.45) is 16.5 Å². The van der Waals surface area contributed by atoms with Gasteiger partial charge >= 0.3 is 0 Å². The number of hydrogen-bond donors (Lipinski definition) is 4. The SMILES string of the molecule is NCCCN=C(N)NC(=O)c1cc2c(F)cccc2[nH]1. The molecule has 7 heteroatoms. The summed E-state index contributed by atoms with van der Waals surface area (Å²) in [5, 5.41) is 2.79. The summed E-state index contributed by atoms with van der Waals surface area (Å²) in [6.45, 7) is 0.954. The van der Waals surface area contributed by atoms with Gasteiger partial charge in [-0.2, -0.15) is 0 Å². The van der Waals surface area contributed by atoms with Crippen LogP contribution >= 0.6 is 0 Å². The quantitative estimate of drug-likeness (QED) is 0.375. The summed E-state index contributed by atoms with van der Waals surface area (Å²) in [5.41, 5.74) is 11.7. The first kappa shape index (κ1) is 14.0. The number of fused-ring (bicyclic) bond motifs is 1. The third kappa shape index (κ3) is 3.12. The Kier molecular flexibility index (Phi) is 4.31. The second-order valence-electron chi connectivity index (χ2n) is 4.25. The highest BCUT2D eigenvalue weighted by Crippen LogP contribution is 2.18. The maximum absolute atomic E-state index is 13.5. The molecule has 2 aromatic rings. The number of aliphatic imine (C=N–C) groups is 1. The third-order valence-corrected chi connectivity index (χ3v) is 2.74. The molecule has 1 heterocycles. The molecule has 0 spiro atoms. The van der Waals surface area contributed by atoms with Crippen molar-refractivity contribution in [1.82, 2.24) is 10.3 Å². The molecule has 0 saturated heterocycles. The lowest BCUT2D eigenvalue weighted by molar-refractivity contribution is 0.0972. The second kappa shape index (κ2) is 6.16. The highest BCUT2D eigenvalue weighted by atomic mass is 19.1. The van der Waals surface area contributed by atoms with Gasteiger partial charge in [0, 0.05) is 17.4 Å². The van der Waals surface area contributed by atoms with E-state index in [1.807, 2.05) is 0 Å². The molecule has 0 aliphatic carbocycles. The van der Waals surface area contributed by atoms with E-state index in [0.29, 0.717) is 30.4 Å². The Morgan fingerprint density at radius 3 is 2.95 bits per heavy atom. The molecule has 1 aromatic heterocycles. The Bertz CT molecular complexity index is 649. The molecule has 1 amide bonds. The van der Waals surface area contributed by atoms with Gasteiger partial charge in [0.1, 0.15) is 11.5 Å². The predicted octanol–water partition coefficient (Wildman–Crippen LogP) is 0.700. The normalized spacial score (nSPS) is 11.8. The Labute approximate surface area is 115 Å². The van der Waals surface area contributed by atoms with Gasteiger partial charge in [-0.15, -0.1) is 0 Å². The third-order valence-electron chi connectivity index (χ3n) is 2.74. The van der Waals surface area contributed by atoms with Crippen molar-refractivity contribution >= 4 is 22.8 Å². The fourth-order valence-corrected chi connectivity index (χ4v) is 1.75. The number of carbonyl (C=O) groups is 1. The molecular formula is C13H16FN5O. The van der Waals surface area contributed by atoms with Crippen LogP contribution in [0.3, 0.4) is 0 Å². The number of nitrogens with two attached hydrogens (primary N) is 2. The van der Waals surface area contributed by atoms with Gasteiger partial charge in [-0.1, -0.05) is 6.07 Å². The number of H-pyrrole nitrogens is 1. The minimum absolute atomic E-state index is 0.0163. The van der Waals surface area contributed by atoms with Crippen LogP contribution in [0.25, 0.3) is 10.9 Å². The van der Waals surface area contributed by atoms with Crippen LogP contribution in [0.2, 0.25) is 0 Å². The lowest BCUT2D eigenvalue weighted by atomic mass is 10.2. The Hall–Kier alpha value is -2.41. The molecule has 2 rings (SSSR count). The van der Waals surface area contributed by atoms with Gasteiger partial charge < -0.3 is 16.5 Å². The number of amides is 1. The minimum atomic E-state index is -0.463. The fourth-order valence-electron chi connectivity index (χ4n) is 1.75. The zero-order valence-electron chi connectivity index (χ0n) is 10.8. The first-order valence-corrected chi connectivity index (χ1v) is 6.20. The maximum atomic E-state index is 13.5. The van der Waals surface area contributed by atoms with Crippen LogP contribution < -0.4 is 16.8 Å². The Morgan fingerprint density at radius 1 is 1.45 bits per heavy atom. The van der Waals surface area contributed by atoms with Crippen molar-refractivity contribution in [3.05, 3.63) is 35.8 Å². The molecule has 0 unspecified atom stereocenters. The van der Waals surface area contributed by atoms with Crippen molar-refractivity contribution in [3.63, 3.8) is 0 Å². The average molecular weight is 277 g/mol. The number of rotatable bonds is 4. The number of carbonyl (C=O) groups excluding carboxylic acids is 1. The molecule has 106 valence electrons. The highest BCUT2D eigenvalue weighted by molar-refractivity contribution is 6.06. The molecule has 1 aromatic carbocycles. The van der Waals surface area contributed by atoms with Crippen molar-refractivity contribution < 1.29 is 9.18 Å². The van der Waals surface area contributed by atoms with Crippen LogP contribution in [0.1, 0.15) is 16.9 Å². The van der Waals surface area contributed by atoms with Crippen LogP contribution in [0.15, 0.2) is 29.3 Å². The molecule has 6 nitrogen and oxygen atoms in total. The molecule has 0 radical (unpaired) electrons. The molecular weight excluding hydrogens is 261 g/mol. The van der Waals surface area contributed by atoms with E-state index >= 15 is 0 Å². The predicted molar refractivity (Wildman–Crippen MR) is 75.9 cm³/mol. The monoisotopic (exact) mass is 277 g/mol. The van der Waals surface area contributed by atoms with Crippen LogP contribution in [-0.2, 0) is 0 Å². The number of nitrogens with one attached hydrogen (secondary N) is 2. The van der Waals surface area contributed by atoms with Crippen LogP contribution in [0.4, 0.5) is 4.39 Å². The summed E-state index contributed by atoms with van der Waals surface area (Å²) in [7, 11) is 0.